The van der Waals surface area contributed by atoms with Crippen molar-refractivity contribution in [3.05, 3.63) is 24.5 Å². The smallest absolute Gasteiger partial charge is 0.243 e. The third-order valence-electron chi connectivity index (χ3n) is 4.33. The number of aromatic nitrogens is 1. The quantitative estimate of drug-likeness (QED) is 0.567. The first-order chi connectivity index (χ1) is 9.89. The third-order valence-corrected chi connectivity index (χ3v) is 5.85. The minimum Gasteiger partial charge on any atom is -0.386 e. The monoisotopic (exact) mass is 310 g/mol. The summed E-state index contributed by atoms with van der Waals surface area (Å²) in [5.41, 5.74) is 4.76. The van der Waals surface area contributed by atoms with Gasteiger partial charge >= 0.3 is 0 Å². The van der Waals surface area contributed by atoms with Gasteiger partial charge < -0.3 is 5.73 Å². The van der Waals surface area contributed by atoms with Crippen molar-refractivity contribution in [1.82, 2.24) is 9.71 Å². The van der Waals surface area contributed by atoms with Crippen LogP contribution in [-0.2, 0) is 10.0 Å². The summed E-state index contributed by atoms with van der Waals surface area (Å²) in [6.45, 7) is 2.13. The number of nitrogens with zero attached hydrogens (tertiary/aromatic N) is 1. The summed E-state index contributed by atoms with van der Waals surface area (Å²) in [5, 5.41) is 7.84. The second-order valence-corrected chi connectivity index (χ2v) is 7.32. The molecule has 0 atom stereocenters. The average molecular weight is 310 g/mol. The van der Waals surface area contributed by atoms with Crippen molar-refractivity contribution in [2.24, 2.45) is 11.7 Å². The van der Waals surface area contributed by atoms with Crippen LogP contribution in [0.3, 0.4) is 0 Å². The van der Waals surface area contributed by atoms with Gasteiger partial charge in [-0.25, -0.2) is 8.42 Å². The molecule has 0 unspecified atom stereocenters. The van der Waals surface area contributed by atoms with Gasteiger partial charge in [-0.15, -0.1) is 0 Å². The van der Waals surface area contributed by atoms with E-state index in [0.717, 1.165) is 19.3 Å². The van der Waals surface area contributed by atoms with Gasteiger partial charge in [-0.3, -0.25) is 10.4 Å². The molecule has 1 aliphatic carbocycles. The van der Waals surface area contributed by atoms with Gasteiger partial charge in [0.2, 0.25) is 10.0 Å². The van der Waals surface area contributed by atoms with Crippen LogP contribution in [0.25, 0.3) is 0 Å². The van der Waals surface area contributed by atoms with Crippen molar-refractivity contribution in [2.45, 2.75) is 49.5 Å². The molecule has 1 fully saturated rings. The van der Waals surface area contributed by atoms with Gasteiger partial charge in [-0.05, 0) is 43.7 Å². The Morgan fingerprint density at radius 2 is 2.19 bits per heavy atom. The number of sulfonamides is 1. The molecular formula is C14H22N4O2S. The Kier molecular flexibility index (Phi) is 4.63. The van der Waals surface area contributed by atoms with Crippen LogP contribution in [-0.4, -0.2) is 24.8 Å². The molecule has 1 aromatic heterocycles. The van der Waals surface area contributed by atoms with E-state index in [1.807, 2.05) is 0 Å². The third kappa shape index (κ3) is 3.41. The van der Waals surface area contributed by atoms with E-state index >= 15 is 0 Å². The Morgan fingerprint density at radius 1 is 1.52 bits per heavy atom. The van der Waals surface area contributed by atoms with Gasteiger partial charge in [-0.2, -0.15) is 4.72 Å². The van der Waals surface area contributed by atoms with Crippen LogP contribution in [0, 0.1) is 11.3 Å². The molecule has 21 heavy (non-hydrogen) atoms. The summed E-state index contributed by atoms with van der Waals surface area (Å²) in [6.07, 6.45) is 6.79. The predicted molar refractivity (Wildman–Crippen MR) is 81.5 cm³/mol. The topological polar surface area (TPSA) is 109 Å². The van der Waals surface area contributed by atoms with E-state index in [1.54, 1.807) is 6.07 Å². The van der Waals surface area contributed by atoms with Crippen LogP contribution >= 0.6 is 0 Å². The molecule has 6 nitrogen and oxygen atoms in total. The standard InChI is InChI=1S/C14H22N4O2S/c1-2-11-5-7-14(8-6-11,13(15)16)18-21(19,20)12-4-3-9-17-10-12/h3-4,9-11,18H,2,5-8H2,1H3,(H3,15,16). The van der Waals surface area contributed by atoms with Gasteiger partial charge in [0.1, 0.15) is 10.7 Å². The maximum atomic E-state index is 12.5. The van der Waals surface area contributed by atoms with E-state index in [9.17, 15) is 8.42 Å². The summed E-state index contributed by atoms with van der Waals surface area (Å²) in [5.74, 6) is 0.477. The van der Waals surface area contributed by atoms with Crippen molar-refractivity contribution in [3.63, 3.8) is 0 Å². The maximum absolute atomic E-state index is 12.5. The fourth-order valence-electron chi connectivity index (χ4n) is 2.83. The Morgan fingerprint density at radius 3 is 2.67 bits per heavy atom. The number of hydrogen-bond donors (Lipinski definition) is 3. The van der Waals surface area contributed by atoms with Crippen LogP contribution in [0.2, 0.25) is 0 Å². The molecule has 1 heterocycles. The highest BCUT2D eigenvalue weighted by atomic mass is 32.2. The first-order valence-electron chi connectivity index (χ1n) is 7.18. The van der Waals surface area contributed by atoms with E-state index < -0.39 is 15.6 Å². The Hall–Kier alpha value is -1.47. The van der Waals surface area contributed by atoms with E-state index in [2.05, 4.69) is 16.6 Å². The molecule has 0 aliphatic heterocycles. The molecule has 2 rings (SSSR count). The Bertz CT molecular complexity index is 593. The highest BCUT2D eigenvalue weighted by molar-refractivity contribution is 7.89. The van der Waals surface area contributed by atoms with Gasteiger partial charge in [0.05, 0.1) is 5.54 Å². The van der Waals surface area contributed by atoms with Crippen molar-refractivity contribution >= 4 is 15.9 Å². The van der Waals surface area contributed by atoms with Gasteiger partial charge in [0.15, 0.2) is 0 Å². The summed E-state index contributed by atoms with van der Waals surface area (Å²) < 4.78 is 27.6. The number of hydrogen-bond acceptors (Lipinski definition) is 4. The van der Waals surface area contributed by atoms with Crippen LogP contribution < -0.4 is 10.5 Å². The molecule has 0 spiro atoms. The van der Waals surface area contributed by atoms with Crippen molar-refractivity contribution in [2.75, 3.05) is 0 Å². The van der Waals surface area contributed by atoms with E-state index in [1.165, 1.54) is 18.5 Å². The SMILES string of the molecule is CCC1CCC(NS(=O)(=O)c2cccnc2)(C(=N)N)CC1. The largest absolute Gasteiger partial charge is 0.386 e. The first kappa shape index (κ1) is 15.9. The zero-order valence-corrected chi connectivity index (χ0v) is 13.0. The average Bonchev–Trinajstić information content (AvgIpc) is 2.48. The maximum Gasteiger partial charge on any atom is 0.243 e. The summed E-state index contributed by atoms with van der Waals surface area (Å²) >= 11 is 0. The normalized spacial score (nSPS) is 26.4. The Balaban J connectivity index is 2.24. The van der Waals surface area contributed by atoms with E-state index in [4.69, 9.17) is 11.1 Å². The van der Waals surface area contributed by atoms with Crippen LogP contribution in [0.5, 0.6) is 0 Å². The molecule has 0 aromatic carbocycles. The molecule has 116 valence electrons. The lowest BCUT2D eigenvalue weighted by Gasteiger charge is -2.39. The lowest BCUT2D eigenvalue weighted by atomic mass is 9.75. The van der Waals surface area contributed by atoms with Gasteiger partial charge in [0, 0.05) is 12.4 Å². The molecule has 0 amide bonds. The first-order valence-corrected chi connectivity index (χ1v) is 8.66. The molecular weight excluding hydrogens is 288 g/mol. The number of amidine groups is 1. The van der Waals surface area contributed by atoms with Crippen molar-refractivity contribution in [3.8, 4) is 0 Å². The molecule has 0 radical (unpaired) electrons. The summed E-state index contributed by atoms with van der Waals surface area (Å²) in [4.78, 5) is 3.93. The van der Waals surface area contributed by atoms with Crippen LogP contribution in [0.4, 0.5) is 0 Å². The van der Waals surface area contributed by atoms with Crippen LogP contribution in [0.15, 0.2) is 29.4 Å². The molecule has 7 heteroatoms. The molecule has 1 aromatic rings. The van der Waals surface area contributed by atoms with Crippen molar-refractivity contribution in [1.29, 1.82) is 5.41 Å². The predicted octanol–water partition coefficient (Wildman–Crippen LogP) is 1.63. The zero-order valence-electron chi connectivity index (χ0n) is 12.2. The number of pyridine rings is 1. The minimum atomic E-state index is -3.72. The summed E-state index contributed by atoms with van der Waals surface area (Å²) in [7, 11) is -3.72. The number of rotatable bonds is 5. The molecule has 4 N–H and O–H groups in total. The fraction of sp³-hybridized carbons (Fsp3) is 0.571. The molecule has 0 bridgehead atoms. The van der Waals surface area contributed by atoms with Crippen LogP contribution in [0.1, 0.15) is 39.0 Å². The number of nitrogens with two attached hydrogens (primary N) is 1. The van der Waals surface area contributed by atoms with Gasteiger partial charge in [-0.1, -0.05) is 13.3 Å². The zero-order chi connectivity index (χ0) is 15.5. The highest BCUT2D eigenvalue weighted by Crippen LogP contribution is 2.34. The van der Waals surface area contributed by atoms with E-state index in [0.29, 0.717) is 18.8 Å². The molecule has 1 aliphatic rings. The van der Waals surface area contributed by atoms with Crippen molar-refractivity contribution < 1.29 is 8.42 Å². The summed E-state index contributed by atoms with van der Waals surface area (Å²) in [6, 6.07) is 3.06. The second-order valence-electron chi connectivity index (χ2n) is 5.64. The Labute approximate surface area is 125 Å². The molecule has 0 saturated heterocycles. The minimum absolute atomic E-state index is 0.100. The van der Waals surface area contributed by atoms with E-state index in [-0.39, 0.29) is 10.7 Å². The lowest BCUT2D eigenvalue weighted by Crippen LogP contribution is -2.58. The highest BCUT2D eigenvalue weighted by Gasteiger charge is 2.41. The fourth-order valence-corrected chi connectivity index (χ4v) is 4.23. The second kappa shape index (κ2) is 6.11. The van der Waals surface area contributed by atoms with Gasteiger partial charge in [0.25, 0.3) is 0 Å². The number of nitrogens with one attached hydrogen (secondary N) is 2. The lowest BCUT2D eigenvalue weighted by molar-refractivity contribution is 0.266. The molecule has 1 saturated carbocycles.